The van der Waals surface area contributed by atoms with Crippen LogP contribution in [-0.4, -0.2) is 35.4 Å². The maximum Gasteiger partial charge on any atom is 0.243 e. The van der Waals surface area contributed by atoms with Gasteiger partial charge in [0.25, 0.3) is 0 Å². The molecule has 0 spiro atoms. The van der Waals surface area contributed by atoms with Crippen LogP contribution in [0.25, 0.3) is 5.69 Å². The van der Waals surface area contributed by atoms with E-state index < -0.39 is 10.0 Å². The van der Waals surface area contributed by atoms with Crippen LogP contribution in [-0.2, 0) is 16.6 Å². The maximum atomic E-state index is 14.4. The molecular weight excluding hydrogens is 403 g/mol. The average molecular weight is 431 g/mol. The highest BCUT2D eigenvalue weighted by Gasteiger charge is 2.21. The van der Waals surface area contributed by atoms with Crippen LogP contribution in [0.2, 0.25) is 0 Å². The summed E-state index contributed by atoms with van der Waals surface area (Å²) in [4.78, 5) is 4.23. The second kappa shape index (κ2) is 9.51. The van der Waals surface area contributed by atoms with Gasteiger partial charge in [-0.25, -0.2) is 17.8 Å². The summed E-state index contributed by atoms with van der Waals surface area (Å²) in [5, 5.41) is 3.35. The van der Waals surface area contributed by atoms with Gasteiger partial charge in [0.1, 0.15) is 5.82 Å². The summed E-state index contributed by atoms with van der Waals surface area (Å²) in [5.74, 6) is -0.314. The minimum absolute atomic E-state index is 0.0217. The van der Waals surface area contributed by atoms with Crippen LogP contribution >= 0.6 is 0 Å². The fourth-order valence-corrected chi connectivity index (χ4v) is 4.76. The van der Waals surface area contributed by atoms with Crippen molar-refractivity contribution in [2.75, 3.05) is 13.1 Å². The van der Waals surface area contributed by atoms with Gasteiger partial charge in [0.2, 0.25) is 10.0 Å². The molecule has 1 unspecified atom stereocenters. The van der Waals surface area contributed by atoms with Crippen LogP contribution in [0.3, 0.4) is 0 Å². The van der Waals surface area contributed by atoms with Crippen LogP contribution in [0.1, 0.15) is 37.9 Å². The molecule has 0 amide bonds. The van der Waals surface area contributed by atoms with E-state index in [2.05, 4.69) is 10.3 Å². The molecule has 0 saturated heterocycles. The van der Waals surface area contributed by atoms with Crippen LogP contribution < -0.4 is 5.32 Å². The lowest BCUT2D eigenvalue weighted by Crippen LogP contribution is -2.30. The van der Waals surface area contributed by atoms with Gasteiger partial charge < -0.3 is 9.88 Å². The molecule has 30 heavy (non-hydrogen) atoms. The lowest BCUT2D eigenvalue weighted by molar-refractivity contribution is 0.445. The molecule has 0 aliphatic rings. The Morgan fingerprint density at radius 3 is 2.40 bits per heavy atom. The highest BCUT2D eigenvalue weighted by Crippen LogP contribution is 2.20. The molecule has 1 heterocycles. The quantitative estimate of drug-likeness (QED) is 0.559. The first-order valence-electron chi connectivity index (χ1n) is 9.97. The van der Waals surface area contributed by atoms with Crippen molar-refractivity contribution in [3.05, 3.63) is 78.1 Å². The van der Waals surface area contributed by atoms with Gasteiger partial charge in [-0.3, -0.25) is 0 Å². The van der Waals surface area contributed by atoms with Crippen molar-refractivity contribution >= 4 is 10.0 Å². The summed E-state index contributed by atoms with van der Waals surface area (Å²) in [5.41, 5.74) is 2.24. The fourth-order valence-electron chi connectivity index (χ4n) is 3.30. The van der Waals surface area contributed by atoms with E-state index in [1.54, 1.807) is 41.5 Å². The first-order valence-corrected chi connectivity index (χ1v) is 11.4. The zero-order valence-electron chi connectivity index (χ0n) is 17.4. The Hall–Kier alpha value is -2.55. The summed E-state index contributed by atoms with van der Waals surface area (Å²) >= 11 is 0. The molecule has 0 aliphatic heterocycles. The molecule has 0 radical (unpaired) electrons. The summed E-state index contributed by atoms with van der Waals surface area (Å²) in [6, 6.07) is 12.0. The zero-order valence-corrected chi connectivity index (χ0v) is 18.2. The third-order valence-corrected chi connectivity index (χ3v) is 7.19. The Balaban J connectivity index is 1.65. The standard InChI is InChI=1S/C22H27FN4O2S/c1-4-27(5-2)30(28,29)20-9-7-19(8-10-20)17(3)25-15-18-6-11-22(21(23)14-18)26-13-12-24-16-26/h6-14,16-17,25H,4-5,15H2,1-3H3. The number of aromatic nitrogens is 2. The number of hydrogen-bond donors (Lipinski definition) is 1. The minimum atomic E-state index is -3.46. The Labute approximate surface area is 177 Å². The third kappa shape index (κ3) is 4.77. The number of imidazole rings is 1. The average Bonchev–Trinajstić information content (AvgIpc) is 3.27. The zero-order chi connectivity index (χ0) is 21.7. The molecule has 0 fully saturated rings. The van der Waals surface area contributed by atoms with Gasteiger partial charge in [-0.15, -0.1) is 0 Å². The van der Waals surface area contributed by atoms with E-state index in [-0.39, 0.29) is 11.9 Å². The Bertz CT molecular complexity index is 1060. The molecule has 0 bridgehead atoms. The van der Waals surface area contributed by atoms with Crippen molar-refractivity contribution in [1.82, 2.24) is 19.2 Å². The molecule has 160 valence electrons. The van der Waals surface area contributed by atoms with Crippen molar-refractivity contribution in [2.24, 2.45) is 0 Å². The monoisotopic (exact) mass is 430 g/mol. The number of halogens is 1. The summed E-state index contributed by atoms with van der Waals surface area (Å²) < 4.78 is 42.7. The molecular formula is C22H27FN4O2S. The molecule has 1 aromatic heterocycles. The number of benzene rings is 2. The maximum absolute atomic E-state index is 14.4. The lowest BCUT2D eigenvalue weighted by atomic mass is 10.1. The summed E-state index contributed by atoms with van der Waals surface area (Å²) in [6.45, 7) is 7.01. The lowest BCUT2D eigenvalue weighted by Gasteiger charge is -2.19. The second-order valence-electron chi connectivity index (χ2n) is 7.02. The van der Waals surface area contributed by atoms with Gasteiger partial charge in [0, 0.05) is 38.1 Å². The number of hydrogen-bond acceptors (Lipinski definition) is 4. The highest BCUT2D eigenvalue weighted by atomic mass is 32.2. The Morgan fingerprint density at radius 1 is 1.13 bits per heavy atom. The summed E-state index contributed by atoms with van der Waals surface area (Å²) in [6.07, 6.45) is 4.86. The third-order valence-electron chi connectivity index (χ3n) is 5.13. The van der Waals surface area contributed by atoms with E-state index >= 15 is 0 Å². The molecule has 0 aliphatic carbocycles. The molecule has 3 aromatic rings. The molecule has 1 atom stereocenters. The van der Waals surface area contributed by atoms with E-state index in [9.17, 15) is 12.8 Å². The normalized spacial score (nSPS) is 13.0. The minimum Gasteiger partial charge on any atom is -0.306 e. The molecule has 2 aromatic carbocycles. The van der Waals surface area contributed by atoms with E-state index in [1.807, 2.05) is 39.0 Å². The predicted molar refractivity (Wildman–Crippen MR) is 115 cm³/mol. The Kier molecular flexibility index (Phi) is 7.02. The van der Waals surface area contributed by atoms with Crippen molar-refractivity contribution in [1.29, 1.82) is 0 Å². The van der Waals surface area contributed by atoms with Crippen LogP contribution in [0, 0.1) is 5.82 Å². The highest BCUT2D eigenvalue weighted by molar-refractivity contribution is 7.89. The molecule has 6 nitrogen and oxygen atoms in total. The van der Waals surface area contributed by atoms with E-state index in [4.69, 9.17) is 0 Å². The first kappa shape index (κ1) is 22.1. The van der Waals surface area contributed by atoms with E-state index in [1.165, 1.54) is 10.4 Å². The number of sulfonamides is 1. The molecule has 8 heteroatoms. The van der Waals surface area contributed by atoms with E-state index in [0.29, 0.717) is 30.2 Å². The van der Waals surface area contributed by atoms with Gasteiger partial charge in [-0.05, 0) is 42.3 Å². The molecule has 3 rings (SSSR count). The Morgan fingerprint density at radius 2 is 1.83 bits per heavy atom. The van der Waals surface area contributed by atoms with Crippen LogP contribution in [0.5, 0.6) is 0 Å². The van der Waals surface area contributed by atoms with Gasteiger partial charge in [0.05, 0.1) is 16.9 Å². The van der Waals surface area contributed by atoms with Crippen LogP contribution in [0.4, 0.5) is 4.39 Å². The fraction of sp³-hybridized carbons (Fsp3) is 0.318. The van der Waals surface area contributed by atoms with Crippen molar-refractivity contribution in [2.45, 2.75) is 38.3 Å². The topological polar surface area (TPSA) is 67.2 Å². The largest absolute Gasteiger partial charge is 0.306 e. The smallest absolute Gasteiger partial charge is 0.243 e. The second-order valence-corrected chi connectivity index (χ2v) is 8.95. The van der Waals surface area contributed by atoms with Crippen molar-refractivity contribution in [3.8, 4) is 5.69 Å². The van der Waals surface area contributed by atoms with Crippen molar-refractivity contribution < 1.29 is 12.8 Å². The molecule has 1 N–H and O–H groups in total. The van der Waals surface area contributed by atoms with Gasteiger partial charge in [0.15, 0.2) is 0 Å². The predicted octanol–water partition coefficient (Wildman–Crippen LogP) is 3.89. The SMILES string of the molecule is CCN(CC)S(=O)(=O)c1ccc(C(C)NCc2ccc(-n3ccnc3)c(F)c2)cc1. The van der Waals surface area contributed by atoms with Gasteiger partial charge in [-0.2, -0.15) is 4.31 Å². The number of rotatable bonds is 9. The van der Waals surface area contributed by atoms with Gasteiger partial charge >= 0.3 is 0 Å². The number of nitrogens with one attached hydrogen (secondary N) is 1. The van der Waals surface area contributed by atoms with Crippen molar-refractivity contribution in [3.63, 3.8) is 0 Å². The van der Waals surface area contributed by atoms with Crippen LogP contribution in [0.15, 0.2) is 66.1 Å². The van der Waals surface area contributed by atoms with Gasteiger partial charge in [-0.1, -0.05) is 32.0 Å². The van der Waals surface area contributed by atoms with E-state index in [0.717, 1.165) is 11.1 Å². The first-order chi connectivity index (χ1) is 14.4. The summed E-state index contributed by atoms with van der Waals surface area (Å²) in [7, 11) is -3.46. The molecule has 0 saturated carbocycles. The number of nitrogens with zero attached hydrogens (tertiary/aromatic N) is 3.